The normalized spacial score (nSPS) is 14.3. The zero-order chi connectivity index (χ0) is 83.7. The van der Waals surface area contributed by atoms with Crippen LogP contribution in [0.15, 0.2) is 0 Å². The smallest absolute Gasteiger partial charge is 0.462 e. The number of hydrogen-bond acceptors (Lipinski definition) is 15. The third kappa shape index (κ3) is 85.1. The van der Waals surface area contributed by atoms with Crippen LogP contribution in [0.25, 0.3) is 0 Å². The van der Waals surface area contributed by atoms with E-state index in [1.165, 1.54) is 308 Å². The van der Waals surface area contributed by atoms with Gasteiger partial charge in [-0.1, -0.05) is 453 Å². The van der Waals surface area contributed by atoms with Gasteiger partial charge in [0, 0.05) is 25.7 Å². The van der Waals surface area contributed by atoms with Crippen molar-refractivity contribution in [2.45, 2.75) is 523 Å². The minimum Gasteiger partial charge on any atom is -0.462 e. The van der Waals surface area contributed by atoms with Crippen LogP contribution in [0.5, 0.6) is 0 Å². The molecule has 3 N–H and O–H groups in total. The van der Waals surface area contributed by atoms with Crippen LogP contribution in [-0.2, 0) is 65.4 Å². The predicted molar refractivity (Wildman–Crippen MR) is 474 cm³/mol. The summed E-state index contributed by atoms with van der Waals surface area (Å²) in [6, 6.07) is 0. The van der Waals surface area contributed by atoms with Crippen molar-refractivity contribution < 1.29 is 80.2 Å². The van der Waals surface area contributed by atoms with Crippen molar-refractivity contribution in [3.05, 3.63) is 0 Å². The molecule has 114 heavy (non-hydrogen) atoms. The van der Waals surface area contributed by atoms with Crippen LogP contribution in [-0.4, -0.2) is 96.7 Å². The van der Waals surface area contributed by atoms with E-state index >= 15 is 0 Å². The fourth-order valence-electron chi connectivity index (χ4n) is 14.8. The number of carbonyl (C=O) groups excluding carboxylic acids is 4. The lowest BCUT2D eigenvalue weighted by atomic mass is 9.99. The van der Waals surface area contributed by atoms with Gasteiger partial charge in [0.2, 0.25) is 0 Å². The maximum Gasteiger partial charge on any atom is 0.472 e. The van der Waals surface area contributed by atoms with Gasteiger partial charge in [0.15, 0.2) is 12.2 Å². The van der Waals surface area contributed by atoms with Crippen LogP contribution in [0.3, 0.4) is 0 Å². The Hall–Kier alpha value is -1.94. The molecule has 678 valence electrons. The molecule has 0 spiro atoms. The summed E-state index contributed by atoms with van der Waals surface area (Å²) in [7, 11) is -9.94. The Labute approximate surface area is 702 Å². The van der Waals surface area contributed by atoms with Gasteiger partial charge in [-0.3, -0.25) is 37.3 Å². The highest BCUT2D eigenvalue weighted by atomic mass is 31.2. The van der Waals surface area contributed by atoms with Crippen LogP contribution in [0, 0.1) is 23.7 Å². The molecule has 0 bridgehead atoms. The first-order valence-corrected chi connectivity index (χ1v) is 51.8. The molecule has 0 fully saturated rings. The van der Waals surface area contributed by atoms with Gasteiger partial charge in [-0.25, -0.2) is 9.13 Å². The number of esters is 4. The highest BCUT2D eigenvalue weighted by Gasteiger charge is 2.31. The van der Waals surface area contributed by atoms with Crippen LogP contribution < -0.4 is 0 Å². The molecule has 0 saturated carbocycles. The molecule has 0 amide bonds. The summed E-state index contributed by atoms with van der Waals surface area (Å²) in [6.07, 6.45) is 76.4. The molecule has 0 heterocycles. The Kier molecular flexibility index (Phi) is 81.9. The largest absolute Gasteiger partial charge is 0.472 e. The average Bonchev–Trinajstić information content (AvgIpc) is 0.898. The van der Waals surface area contributed by atoms with Gasteiger partial charge in [0.25, 0.3) is 0 Å². The van der Waals surface area contributed by atoms with Crippen LogP contribution in [0.4, 0.5) is 0 Å². The highest BCUT2D eigenvalue weighted by Crippen LogP contribution is 2.45. The van der Waals surface area contributed by atoms with Gasteiger partial charge in [-0.05, 0) is 49.4 Å². The van der Waals surface area contributed by atoms with E-state index in [4.69, 9.17) is 37.0 Å². The van der Waals surface area contributed by atoms with E-state index in [2.05, 4.69) is 55.4 Å². The number of ether oxygens (including phenoxy) is 4. The van der Waals surface area contributed by atoms with Crippen molar-refractivity contribution in [3.63, 3.8) is 0 Å². The SMILES string of the molecule is CCC(C)CCCCCCCCCCCCCCCCCCCCC(=O)O[C@H](COC(=O)CCCCCCCCCCCCCCCCCCCCC(C)C)COP(=O)(O)OC[C@@H](O)COP(=O)(O)OC[C@@H](COC(=O)CCCCCCCCCCC(C)CC)OC(=O)CCCCCCCCCCCCCCCCCCC(C)C. The lowest BCUT2D eigenvalue weighted by Gasteiger charge is -2.21. The molecule has 0 aromatic heterocycles. The number of hydrogen-bond donors (Lipinski definition) is 3. The lowest BCUT2D eigenvalue weighted by molar-refractivity contribution is -0.161. The molecular formula is C95H186O17P2. The molecule has 0 aromatic carbocycles. The van der Waals surface area contributed by atoms with Crippen molar-refractivity contribution in [1.82, 2.24) is 0 Å². The Morgan fingerprint density at radius 2 is 0.421 bits per heavy atom. The Morgan fingerprint density at radius 3 is 0.623 bits per heavy atom. The quantitative estimate of drug-likeness (QED) is 0.0222. The topological polar surface area (TPSA) is 237 Å². The first-order valence-electron chi connectivity index (χ1n) is 48.8. The Balaban J connectivity index is 5.25. The number of phosphoric acid groups is 2. The van der Waals surface area contributed by atoms with Crippen molar-refractivity contribution >= 4 is 39.5 Å². The van der Waals surface area contributed by atoms with Gasteiger partial charge in [-0.15, -0.1) is 0 Å². The van der Waals surface area contributed by atoms with Gasteiger partial charge < -0.3 is 33.8 Å². The summed E-state index contributed by atoms with van der Waals surface area (Å²) >= 11 is 0. The van der Waals surface area contributed by atoms with E-state index in [0.29, 0.717) is 25.7 Å². The fraction of sp³-hybridized carbons (Fsp3) is 0.958. The van der Waals surface area contributed by atoms with Gasteiger partial charge in [0.1, 0.15) is 19.3 Å². The summed E-state index contributed by atoms with van der Waals surface area (Å²) in [5, 5.41) is 10.7. The lowest BCUT2D eigenvalue weighted by Crippen LogP contribution is -2.30. The van der Waals surface area contributed by atoms with Gasteiger partial charge in [-0.2, -0.15) is 0 Å². The van der Waals surface area contributed by atoms with E-state index in [-0.39, 0.29) is 25.7 Å². The Morgan fingerprint density at radius 1 is 0.246 bits per heavy atom. The summed E-state index contributed by atoms with van der Waals surface area (Å²) in [4.78, 5) is 73.6. The number of phosphoric ester groups is 2. The van der Waals surface area contributed by atoms with Crippen LogP contribution in [0.2, 0.25) is 0 Å². The molecule has 0 aliphatic carbocycles. The standard InChI is InChI=1S/C95H186O17P2/c1-9-87(7)73-65-57-49-41-35-29-23-16-12-14-18-25-31-37-43-53-61-69-77-94(99)111-90(81-105-92(97)75-67-59-51-42-36-30-24-17-13-11-15-21-27-33-39-47-55-63-71-85(3)4)83-109-113(101,102)107-79-89(96)80-108-114(103,104)110-84-91(82-106-93(98)76-68-60-52-46-45-50-58-66-74-88(8)10-2)112-95(100)78-70-62-54-44-38-32-26-20-19-22-28-34-40-48-56-64-72-86(5)6/h85-91,96H,9-84H2,1-8H3,(H,101,102)(H,103,104)/t87?,88?,89-,90-,91-/m1/s1. The molecule has 17 nitrogen and oxygen atoms in total. The first kappa shape index (κ1) is 112. The number of unbranched alkanes of at least 4 members (excludes halogenated alkanes) is 56. The first-order chi connectivity index (χ1) is 55.2. The maximum atomic E-state index is 13.2. The summed E-state index contributed by atoms with van der Waals surface area (Å²) in [5.41, 5.74) is 0. The van der Waals surface area contributed by atoms with Crippen molar-refractivity contribution in [2.24, 2.45) is 23.7 Å². The third-order valence-electron chi connectivity index (χ3n) is 23.0. The molecular weight excluding hydrogens is 1470 g/mol. The van der Waals surface area contributed by atoms with Crippen molar-refractivity contribution in [2.75, 3.05) is 39.6 Å². The zero-order valence-electron chi connectivity index (χ0n) is 75.7. The second-order valence-electron chi connectivity index (χ2n) is 35.5. The average molecular weight is 1660 g/mol. The minimum atomic E-state index is -4.97. The number of aliphatic hydroxyl groups excluding tert-OH is 1. The van der Waals surface area contributed by atoms with E-state index in [9.17, 15) is 43.2 Å². The summed E-state index contributed by atoms with van der Waals surface area (Å²) < 4.78 is 69.2. The third-order valence-corrected chi connectivity index (χ3v) is 24.9. The molecule has 4 unspecified atom stereocenters. The number of carbonyl (C=O) groups is 4. The van der Waals surface area contributed by atoms with E-state index < -0.39 is 97.5 Å². The molecule has 7 atom stereocenters. The highest BCUT2D eigenvalue weighted by molar-refractivity contribution is 7.47. The van der Waals surface area contributed by atoms with Crippen LogP contribution >= 0.6 is 15.6 Å². The van der Waals surface area contributed by atoms with Gasteiger partial charge >= 0.3 is 39.5 Å². The summed E-state index contributed by atoms with van der Waals surface area (Å²) in [5.74, 6) is 1.18. The molecule has 0 aliphatic heterocycles. The maximum absolute atomic E-state index is 13.2. The molecule has 0 radical (unpaired) electrons. The molecule has 0 saturated heterocycles. The van der Waals surface area contributed by atoms with Crippen molar-refractivity contribution in [1.29, 1.82) is 0 Å². The van der Waals surface area contributed by atoms with E-state index in [0.717, 1.165) is 114 Å². The second kappa shape index (κ2) is 83.3. The van der Waals surface area contributed by atoms with E-state index in [1.807, 2.05) is 0 Å². The minimum absolute atomic E-state index is 0.108. The second-order valence-corrected chi connectivity index (χ2v) is 38.5. The zero-order valence-corrected chi connectivity index (χ0v) is 77.5. The number of rotatable bonds is 92. The molecule has 0 aliphatic rings. The molecule has 19 heteroatoms. The van der Waals surface area contributed by atoms with Gasteiger partial charge in [0.05, 0.1) is 26.4 Å². The predicted octanol–water partition coefficient (Wildman–Crippen LogP) is 29.5. The van der Waals surface area contributed by atoms with Crippen LogP contribution in [0.1, 0.15) is 505 Å². The van der Waals surface area contributed by atoms with Crippen molar-refractivity contribution in [3.8, 4) is 0 Å². The molecule has 0 rings (SSSR count). The Bertz CT molecular complexity index is 2200. The fourth-order valence-corrected chi connectivity index (χ4v) is 16.4. The summed E-state index contributed by atoms with van der Waals surface area (Å²) in [6.45, 7) is 14.5. The molecule has 0 aromatic rings. The van der Waals surface area contributed by atoms with E-state index in [1.54, 1.807) is 0 Å². The number of aliphatic hydroxyl groups is 1. The monoisotopic (exact) mass is 1660 g/mol.